The first-order chi connectivity index (χ1) is 9.83. The van der Waals surface area contributed by atoms with Gasteiger partial charge in [-0.2, -0.15) is 0 Å². The van der Waals surface area contributed by atoms with Gasteiger partial charge in [0.1, 0.15) is 4.90 Å². The second-order valence-electron chi connectivity index (χ2n) is 5.36. The molecular weight excluding hydrogens is 294 g/mol. The summed E-state index contributed by atoms with van der Waals surface area (Å²) < 4.78 is 27.5. The highest BCUT2D eigenvalue weighted by molar-refractivity contribution is 7.89. The summed E-state index contributed by atoms with van der Waals surface area (Å²) in [5, 5.41) is 13.8. The van der Waals surface area contributed by atoms with Crippen LogP contribution in [0.15, 0.2) is 23.1 Å². The molecule has 0 bridgehead atoms. The molecule has 0 unspecified atom stereocenters. The van der Waals surface area contributed by atoms with Gasteiger partial charge in [0.2, 0.25) is 10.0 Å². The van der Waals surface area contributed by atoms with Crippen molar-refractivity contribution in [3.63, 3.8) is 0 Å². The van der Waals surface area contributed by atoms with Crippen molar-refractivity contribution in [1.82, 2.24) is 4.72 Å². The van der Waals surface area contributed by atoms with E-state index in [1.807, 2.05) is 6.92 Å². The summed E-state index contributed by atoms with van der Waals surface area (Å²) >= 11 is 0. The molecule has 0 atom stereocenters. The van der Waals surface area contributed by atoms with Gasteiger partial charge in [-0.25, -0.2) is 13.1 Å². The lowest BCUT2D eigenvalue weighted by Crippen LogP contribution is -2.43. The number of sulfonamides is 1. The Kier molecular flexibility index (Phi) is 4.48. The number of benzene rings is 1. The highest BCUT2D eigenvalue weighted by Crippen LogP contribution is 2.30. The molecule has 0 aromatic heterocycles. The third-order valence-corrected chi connectivity index (χ3v) is 5.09. The molecule has 1 aliphatic carbocycles. The molecule has 0 spiro atoms. The van der Waals surface area contributed by atoms with E-state index < -0.39 is 14.9 Å². The molecule has 116 valence electrons. The Morgan fingerprint density at radius 3 is 2.57 bits per heavy atom. The van der Waals surface area contributed by atoms with E-state index in [0.717, 1.165) is 18.9 Å². The molecule has 2 rings (SSSR count). The first kappa shape index (κ1) is 15.7. The molecule has 21 heavy (non-hydrogen) atoms. The minimum Gasteiger partial charge on any atom is -0.384 e. The Labute approximate surface area is 123 Å². The summed E-state index contributed by atoms with van der Waals surface area (Å²) in [7, 11) is -3.77. The van der Waals surface area contributed by atoms with Gasteiger partial charge in [0.05, 0.1) is 10.6 Å². The third kappa shape index (κ3) is 3.51. The van der Waals surface area contributed by atoms with Crippen LogP contribution in [0.3, 0.4) is 0 Å². The number of non-ortho nitro benzene ring substituents is 1. The zero-order valence-electron chi connectivity index (χ0n) is 12.0. The van der Waals surface area contributed by atoms with E-state index >= 15 is 0 Å². The van der Waals surface area contributed by atoms with Crippen molar-refractivity contribution in [3.05, 3.63) is 28.3 Å². The summed E-state index contributed by atoms with van der Waals surface area (Å²) in [5.41, 5.74) is 0.141. The predicted octanol–water partition coefficient (Wildman–Crippen LogP) is 2.10. The fourth-order valence-electron chi connectivity index (χ4n) is 2.46. The minimum absolute atomic E-state index is 0.0712. The number of nitro groups is 1. The van der Waals surface area contributed by atoms with Crippen molar-refractivity contribution >= 4 is 21.4 Å². The van der Waals surface area contributed by atoms with E-state index in [4.69, 9.17) is 0 Å². The highest BCUT2D eigenvalue weighted by Gasteiger charge is 2.31. The Hall–Kier alpha value is -1.67. The molecule has 1 aromatic carbocycles. The smallest absolute Gasteiger partial charge is 0.270 e. The first-order valence-electron chi connectivity index (χ1n) is 6.88. The molecule has 0 aliphatic heterocycles. The van der Waals surface area contributed by atoms with E-state index in [0.29, 0.717) is 18.2 Å². The molecule has 2 N–H and O–H groups in total. The molecule has 0 saturated heterocycles. The maximum Gasteiger partial charge on any atom is 0.270 e. The van der Waals surface area contributed by atoms with Crippen molar-refractivity contribution in [2.45, 2.75) is 37.6 Å². The van der Waals surface area contributed by atoms with Crippen LogP contribution in [0.4, 0.5) is 11.4 Å². The standard InChI is InChI=1S/C13H19N3O4S/c1-3-14-12-5-4-11(16(17)18)8-13(12)21(19,20)15-10-6-9(2)7-10/h4-5,8-10,14-15H,3,6-7H2,1-2H3. The Bertz CT molecular complexity index is 639. The molecule has 1 aliphatic rings. The van der Waals surface area contributed by atoms with Crippen molar-refractivity contribution in [2.24, 2.45) is 5.92 Å². The molecule has 0 heterocycles. The number of hydrogen-bond acceptors (Lipinski definition) is 5. The summed E-state index contributed by atoms with van der Waals surface area (Å²) in [5.74, 6) is 0.510. The Morgan fingerprint density at radius 1 is 1.38 bits per heavy atom. The average molecular weight is 313 g/mol. The topological polar surface area (TPSA) is 101 Å². The lowest BCUT2D eigenvalue weighted by molar-refractivity contribution is -0.385. The number of rotatable bonds is 6. The van der Waals surface area contributed by atoms with Crippen LogP contribution in [0.25, 0.3) is 0 Å². The molecule has 1 fully saturated rings. The van der Waals surface area contributed by atoms with Gasteiger partial charge in [-0.15, -0.1) is 0 Å². The Balaban J connectivity index is 2.34. The predicted molar refractivity (Wildman–Crippen MR) is 79.8 cm³/mol. The van der Waals surface area contributed by atoms with Crippen molar-refractivity contribution in [2.75, 3.05) is 11.9 Å². The van der Waals surface area contributed by atoms with Gasteiger partial charge in [0.15, 0.2) is 0 Å². The summed E-state index contributed by atoms with van der Waals surface area (Å²) in [4.78, 5) is 10.2. The lowest BCUT2D eigenvalue weighted by Gasteiger charge is -2.33. The summed E-state index contributed by atoms with van der Waals surface area (Å²) in [6.07, 6.45) is 1.59. The second-order valence-corrected chi connectivity index (χ2v) is 7.05. The second kappa shape index (κ2) is 5.98. The molecular formula is C13H19N3O4S. The van der Waals surface area contributed by atoms with Crippen LogP contribution in [0, 0.1) is 16.0 Å². The molecule has 1 saturated carbocycles. The van der Waals surface area contributed by atoms with E-state index in [-0.39, 0.29) is 16.6 Å². The van der Waals surface area contributed by atoms with Gasteiger partial charge in [0, 0.05) is 24.7 Å². The normalized spacial score (nSPS) is 21.6. The van der Waals surface area contributed by atoms with E-state index in [9.17, 15) is 18.5 Å². The Morgan fingerprint density at radius 2 is 2.05 bits per heavy atom. The highest BCUT2D eigenvalue weighted by atomic mass is 32.2. The van der Waals surface area contributed by atoms with E-state index in [1.54, 1.807) is 0 Å². The van der Waals surface area contributed by atoms with Gasteiger partial charge >= 0.3 is 0 Å². The zero-order valence-corrected chi connectivity index (χ0v) is 12.8. The van der Waals surface area contributed by atoms with Crippen LogP contribution in [-0.4, -0.2) is 25.9 Å². The maximum absolute atomic E-state index is 12.4. The van der Waals surface area contributed by atoms with Gasteiger partial charge < -0.3 is 5.32 Å². The molecule has 7 nitrogen and oxygen atoms in total. The maximum atomic E-state index is 12.4. The quantitative estimate of drug-likeness (QED) is 0.618. The number of nitrogens with one attached hydrogen (secondary N) is 2. The average Bonchev–Trinajstić information content (AvgIpc) is 2.37. The molecule has 0 radical (unpaired) electrons. The number of hydrogen-bond donors (Lipinski definition) is 2. The van der Waals surface area contributed by atoms with Crippen LogP contribution in [0.2, 0.25) is 0 Å². The van der Waals surface area contributed by atoms with Gasteiger partial charge in [-0.3, -0.25) is 10.1 Å². The summed E-state index contributed by atoms with van der Waals surface area (Å²) in [6.45, 7) is 4.42. The molecule has 0 amide bonds. The third-order valence-electron chi connectivity index (χ3n) is 3.53. The van der Waals surface area contributed by atoms with Crippen LogP contribution in [-0.2, 0) is 10.0 Å². The zero-order chi connectivity index (χ0) is 15.6. The number of nitrogens with zero attached hydrogens (tertiary/aromatic N) is 1. The fraction of sp³-hybridized carbons (Fsp3) is 0.538. The first-order valence-corrected chi connectivity index (χ1v) is 8.36. The van der Waals surface area contributed by atoms with E-state index in [1.165, 1.54) is 12.1 Å². The van der Waals surface area contributed by atoms with E-state index in [2.05, 4.69) is 17.0 Å². The fourth-order valence-corrected chi connectivity index (χ4v) is 3.93. The summed E-state index contributed by atoms with van der Waals surface area (Å²) in [6, 6.07) is 3.74. The number of nitro benzene ring substituents is 1. The van der Waals surface area contributed by atoms with Gasteiger partial charge in [-0.05, 0) is 31.7 Å². The minimum atomic E-state index is -3.77. The van der Waals surface area contributed by atoms with Crippen LogP contribution in [0.1, 0.15) is 26.7 Å². The van der Waals surface area contributed by atoms with Crippen molar-refractivity contribution < 1.29 is 13.3 Å². The van der Waals surface area contributed by atoms with Gasteiger partial charge in [-0.1, -0.05) is 6.92 Å². The van der Waals surface area contributed by atoms with Crippen molar-refractivity contribution in [1.29, 1.82) is 0 Å². The monoisotopic (exact) mass is 313 g/mol. The van der Waals surface area contributed by atoms with Crippen LogP contribution >= 0.6 is 0 Å². The SMILES string of the molecule is CCNc1ccc([N+](=O)[O-])cc1S(=O)(=O)NC1CC(C)C1. The van der Waals surface area contributed by atoms with Crippen LogP contribution < -0.4 is 10.0 Å². The molecule has 1 aromatic rings. The lowest BCUT2D eigenvalue weighted by atomic mass is 9.83. The largest absolute Gasteiger partial charge is 0.384 e. The van der Waals surface area contributed by atoms with Gasteiger partial charge in [0.25, 0.3) is 5.69 Å². The molecule has 8 heteroatoms. The van der Waals surface area contributed by atoms with Crippen LogP contribution in [0.5, 0.6) is 0 Å². The van der Waals surface area contributed by atoms with Crippen molar-refractivity contribution in [3.8, 4) is 0 Å². The number of anilines is 1.